The molecule has 22 heavy (non-hydrogen) atoms. The van der Waals surface area contributed by atoms with E-state index in [1.54, 1.807) is 0 Å². The average Bonchev–Trinajstić information content (AvgIpc) is 2.45. The largest absolute Gasteiger partial charge is 0.508 e. The van der Waals surface area contributed by atoms with E-state index in [2.05, 4.69) is 26.0 Å². The number of phenolic OH excluding ortho intramolecular Hbond substituents is 2. The van der Waals surface area contributed by atoms with Gasteiger partial charge < -0.3 is 10.2 Å². The molecule has 0 saturated carbocycles. The summed E-state index contributed by atoms with van der Waals surface area (Å²) in [6.45, 7) is 8.01. The molecule has 2 heteroatoms. The Morgan fingerprint density at radius 3 is 1.32 bits per heavy atom. The predicted octanol–water partition coefficient (Wildman–Crippen LogP) is 4.90. The highest BCUT2D eigenvalue weighted by molar-refractivity contribution is 5.41. The van der Waals surface area contributed by atoms with Crippen LogP contribution in [0.3, 0.4) is 0 Å². The number of aromatic hydroxyl groups is 2. The van der Waals surface area contributed by atoms with E-state index in [4.69, 9.17) is 0 Å². The smallest absolute Gasteiger partial charge is 0.118 e. The van der Waals surface area contributed by atoms with E-state index in [-0.39, 0.29) is 0 Å². The molecule has 2 aromatic carbocycles. The molecule has 0 aliphatic heterocycles. The summed E-state index contributed by atoms with van der Waals surface area (Å²) in [6, 6.07) is 7.91. The molecule has 2 aromatic rings. The molecule has 0 fully saturated rings. The van der Waals surface area contributed by atoms with Crippen LogP contribution in [0.2, 0.25) is 0 Å². The summed E-state index contributed by atoms with van der Waals surface area (Å²) in [4.78, 5) is 0. The molecule has 2 nitrogen and oxygen atoms in total. The highest BCUT2D eigenvalue weighted by atomic mass is 16.3. The molecule has 0 heterocycles. The zero-order valence-electron chi connectivity index (χ0n) is 14.0. The van der Waals surface area contributed by atoms with Gasteiger partial charge in [-0.25, -0.2) is 0 Å². The summed E-state index contributed by atoms with van der Waals surface area (Å²) in [5.74, 6) is 0.771. The van der Waals surface area contributed by atoms with Gasteiger partial charge in [-0.1, -0.05) is 12.1 Å². The number of benzene rings is 2. The summed E-state index contributed by atoms with van der Waals surface area (Å²) < 4.78 is 0. The minimum Gasteiger partial charge on any atom is -0.508 e. The van der Waals surface area contributed by atoms with Crippen molar-refractivity contribution in [2.45, 2.75) is 53.4 Å². The predicted molar refractivity (Wildman–Crippen MR) is 91.8 cm³/mol. The van der Waals surface area contributed by atoms with Crippen LogP contribution in [0, 0.1) is 27.7 Å². The van der Waals surface area contributed by atoms with Crippen LogP contribution in [0.1, 0.15) is 46.2 Å². The van der Waals surface area contributed by atoms with Crippen molar-refractivity contribution in [3.63, 3.8) is 0 Å². The summed E-state index contributed by atoms with van der Waals surface area (Å²) in [5.41, 5.74) is 6.89. The number of rotatable bonds is 5. The van der Waals surface area contributed by atoms with Crippen molar-refractivity contribution in [3.8, 4) is 11.5 Å². The Bertz CT molecular complexity index is 612. The van der Waals surface area contributed by atoms with E-state index in [1.807, 2.05) is 26.0 Å². The molecule has 0 atom stereocenters. The topological polar surface area (TPSA) is 40.5 Å². The molecule has 0 aliphatic carbocycles. The van der Waals surface area contributed by atoms with E-state index in [0.29, 0.717) is 11.5 Å². The molecule has 0 aliphatic rings. The Hall–Kier alpha value is -1.96. The van der Waals surface area contributed by atoms with Crippen molar-refractivity contribution < 1.29 is 10.2 Å². The maximum atomic E-state index is 9.70. The van der Waals surface area contributed by atoms with Gasteiger partial charge in [-0.15, -0.1) is 0 Å². The van der Waals surface area contributed by atoms with Crippen LogP contribution < -0.4 is 0 Å². The lowest BCUT2D eigenvalue weighted by atomic mass is 9.96. The van der Waals surface area contributed by atoms with Gasteiger partial charge in [-0.3, -0.25) is 0 Å². The van der Waals surface area contributed by atoms with Crippen molar-refractivity contribution >= 4 is 0 Å². The third-order valence-electron chi connectivity index (χ3n) is 4.45. The number of hydrogen-bond acceptors (Lipinski definition) is 2. The van der Waals surface area contributed by atoms with Crippen molar-refractivity contribution in [1.29, 1.82) is 0 Å². The number of unbranched alkanes of at least 4 members (excludes halogenated alkanes) is 1. The highest BCUT2D eigenvalue weighted by Crippen LogP contribution is 2.24. The summed E-state index contributed by atoms with van der Waals surface area (Å²) in [7, 11) is 0. The van der Waals surface area contributed by atoms with Gasteiger partial charge in [-0.2, -0.15) is 0 Å². The average molecular weight is 298 g/mol. The fourth-order valence-electron chi connectivity index (χ4n) is 2.89. The van der Waals surface area contributed by atoms with Crippen LogP contribution in [-0.2, 0) is 12.8 Å². The third-order valence-corrected chi connectivity index (χ3v) is 4.45. The van der Waals surface area contributed by atoms with Gasteiger partial charge in [0.2, 0.25) is 0 Å². The lowest BCUT2D eigenvalue weighted by Crippen LogP contribution is -1.95. The van der Waals surface area contributed by atoms with Gasteiger partial charge >= 0.3 is 0 Å². The molecule has 0 amide bonds. The van der Waals surface area contributed by atoms with E-state index in [0.717, 1.165) is 36.8 Å². The lowest BCUT2D eigenvalue weighted by Gasteiger charge is -2.11. The monoisotopic (exact) mass is 298 g/mol. The zero-order valence-corrected chi connectivity index (χ0v) is 14.0. The zero-order chi connectivity index (χ0) is 16.3. The van der Waals surface area contributed by atoms with Gasteiger partial charge in [0.05, 0.1) is 0 Å². The van der Waals surface area contributed by atoms with Gasteiger partial charge in [0.15, 0.2) is 0 Å². The molecule has 0 aromatic heterocycles. The molecule has 0 radical (unpaired) electrons. The van der Waals surface area contributed by atoms with Gasteiger partial charge in [0.25, 0.3) is 0 Å². The molecule has 118 valence electrons. The quantitative estimate of drug-likeness (QED) is 0.771. The molecule has 0 saturated heterocycles. The van der Waals surface area contributed by atoms with Gasteiger partial charge in [-0.05, 0) is 98.9 Å². The first-order valence-electron chi connectivity index (χ1n) is 7.96. The van der Waals surface area contributed by atoms with Crippen molar-refractivity contribution in [2.75, 3.05) is 0 Å². The summed E-state index contributed by atoms with van der Waals surface area (Å²) >= 11 is 0. The second-order valence-electron chi connectivity index (χ2n) is 6.34. The number of hydrogen-bond donors (Lipinski definition) is 2. The third kappa shape index (κ3) is 3.82. The maximum Gasteiger partial charge on any atom is 0.118 e. The minimum absolute atomic E-state index is 0.386. The molecule has 2 N–H and O–H groups in total. The van der Waals surface area contributed by atoms with E-state index < -0.39 is 0 Å². The molecular weight excluding hydrogens is 272 g/mol. The Balaban J connectivity index is 1.93. The first-order chi connectivity index (χ1) is 10.4. The van der Waals surface area contributed by atoms with E-state index >= 15 is 0 Å². The van der Waals surface area contributed by atoms with Crippen LogP contribution in [0.25, 0.3) is 0 Å². The molecule has 0 spiro atoms. The maximum absolute atomic E-state index is 9.70. The van der Waals surface area contributed by atoms with Crippen LogP contribution in [0.4, 0.5) is 0 Å². The van der Waals surface area contributed by atoms with E-state index in [1.165, 1.54) is 22.3 Å². The Morgan fingerprint density at radius 2 is 0.955 bits per heavy atom. The summed E-state index contributed by atoms with van der Waals surface area (Å²) in [5, 5.41) is 19.4. The SMILES string of the molecule is Cc1cc(CCCCc2cc(C)c(O)cc2C)c(C)cc1O. The Kier molecular flexibility index (Phi) is 5.12. The first kappa shape index (κ1) is 16.4. The lowest BCUT2D eigenvalue weighted by molar-refractivity contribution is 0.469. The second-order valence-corrected chi connectivity index (χ2v) is 6.34. The number of phenols is 2. The molecule has 0 bridgehead atoms. The molecule has 0 unspecified atom stereocenters. The van der Waals surface area contributed by atoms with Gasteiger partial charge in [0.1, 0.15) is 11.5 Å². The minimum atomic E-state index is 0.386. The fraction of sp³-hybridized carbons (Fsp3) is 0.400. The second kappa shape index (κ2) is 6.87. The standard InChI is InChI=1S/C20H26O2/c1-13-11-19(21)15(3)9-17(13)7-5-6-8-18-10-16(4)20(22)12-14(18)2/h9-12,21-22H,5-8H2,1-4H3. The Morgan fingerprint density at radius 1 is 0.591 bits per heavy atom. The summed E-state index contributed by atoms with van der Waals surface area (Å²) in [6.07, 6.45) is 4.35. The van der Waals surface area contributed by atoms with Crippen molar-refractivity contribution in [3.05, 3.63) is 57.6 Å². The van der Waals surface area contributed by atoms with E-state index in [9.17, 15) is 10.2 Å². The van der Waals surface area contributed by atoms with Crippen LogP contribution in [-0.4, -0.2) is 10.2 Å². The number of aryl methyl sites for hydroxylation is 6. The van der Waals surface area contributed by atoms with Crippen LogP contribution in [0.15, 0.2) is 24.3 Å². The molecule has 2 rings (SSSR count). The van der Waals surface area contributed by atoms with Crippen LogP contribution in [0.5, 0.6) is 11.5 Å². The van der Waals surface area contributed by atoms with Gasteiger partial charge in [0, 0.05) is 0 Å². The highest BCUT2D eigenvalue weighted by Gasteiger charge is 2.06. The van der Waals surface area contributed by atoms with Crippen LogP contribution >= 0.6 is 0 Å². The van der Waals surface area contributed by atoms with Crippen molar-refractivity contribution in [2.24, 2.45) is 0 Å². The fourth-order valence-corrected chi connectivity index (χ4v) is 2.89. The first-order valence-corrected chi connectivity index (χ1v) is 7.96. The molecular formula is C20H26O2. The Labute approximate surface area is 133 Å². The normalized spacial score (nSPS) is 10.9. The van der Waals surface area contributed by atoms with Crippen molar-refractivity contribution in [1.82, 2.24) is 0 Å².